The molecule has 1 N–H and O–H groups in total. The highest BCUT2D eigenvalue weighted by atomic mass is 16.3. The minimum Gasteiger partial charge on any atom is -0.390 e. The van der Waals surface area contributed by atoms with Crippen LogP contribution in [0.2, 0.25) is 0 Å². The predicted octanol–water partition coefficient (Wildman–Crippen LogP) is 3.78. The van der Waals surface area contributed by atoms with Gasteiger partial charge in [0.2, 0.25) is 0 Å². The molecule has 2 aliphatic carbocycles. The molecule has 0 heterocycles. The number of hydrogen-bond donors (Lipinski definition) is 1. The highest BCUT2D eigenvalue weighted by Crippen LogP contribution is 2.49. The van der Waals surface area contributed by atoms with Crippen molar-refractivity contribution in [1.82, 2.24) is 0 Å². The predicted molar refractivity (Wildman–Crippen MR) is 68.2 cm³/mol. The van der Waals surface area contributed by atoms with E-state index in [-0.39, 0.29) is 0 Å². The van der Waals surface area contributed by atoms with Gasteiger partial charge in [0, 0.05) is 0 Å². The van der Waals surface area contributed by atoms with Gasteiger partial charge in [-0.1, -0.05) is 25.5 Å². The molecule has 2 aliphatic rings. The van der Waals surface area contributed by atoms with E-state index in [9.17, 15) is 5.11 Å². The van der Waals surface area contributed by atoms with Crippen molar-refractivity contribution >= 4 is 0 Å². The Morgan fingerprint density at radius 2 is 2.06 bits per heavy atom. The van der Waals surface area contributed by atoms with E-state index in [1.807, 2.05) is 0 Å². The number of aliphatic hydroxyl groups is 1. The van der Waals surface area contributed by atoms with Gasteiger partial charge in [-0.15, -0.1) is 0 Å². The average Bonchev–Trinajstić information content (AvgIpc) is 2.16. The third-order valence-electron chi connectivity index (χ3n) is 4.92. The van der Waals surface area contributed by atoms with Gasteiger partial charge < -0.3 is 5.11 Å². The van der Waals surface area contributed by atoms with Gasteiger partial charge in [-0.3, -0.25) is 0 Å². The second-order valence-corrected chi connectivity index (χ2v) is 6.54. The van der Waals surface area contributed by atoms with Gasteiger partial charge in [-0.05, 0) is 63.2 Å². The van der Waals surface area contributed by atoms with Gasteiger partial charge in [-0.25, -0.2) is 0 Å². The van der Waals surface area contributed by atoms with Gasteiger partial charge >= 0.3 is 0 Å². The van der Waals surface area contributed by atoms with Crippen LogP contribution in [0, 0.1) is 23.7 Å². The number of hydrogen-bond acceptors (Lipinski definition) is 1. The van der Waals surface area contributed by atoms with Crippen LogP contribution in [0.1, 0.15) is 53.4 Å². The third-order valence-corrected chi connectivity index (χ3v) is 4.92. The molecule has 1 fully saturated rings. The van der Waals surface area contributed by atoms with Crippen molar-refractivity contribution in [1.29, 1.82) is 0 Å². The van der Waals surface area contributed by atoms with Crippen molar-refractivity contribution in [3.8, 4) is 0 Å². The minimum atomic E-state index is -0.423. The zero-order valence-electron chi connectivity index (χ0n) is 11.2. The minimum absolute atomic E-state index is 0.423. The van der Waals surface area contributed by atoms with Crippen molar-refractivity contribution in [2.45, 2.75) is 59.0 Å². The van der Waals surface area contributed by atoms with Crippen molar-refractivity contribution in [2.75, 3.05) is 0 Å². The lowest BCUT2D eigenvalue weighted by molar-refractivity contribution is -0.0807. The van der Waals surface area contributed by atoms with Gasteiger partial charge in [-0.2, -0.15) is 0 Å². The van der Waals surface area contributed by atoms with Crippen LogP contribution in [0.5, 0.6) is 0 Å². The van der Waals surface area contributed by atoms with Crippen LogP contribution >= 0.6 is 0 Å². The Kier molecular flexibility index (Phi) is 3.18. The van der Waals surface area contributed by atoms with Crippen molar-refractivity contribution in [3.05, 3.63) is 11.6 Å². The Hall–Kier alpha value is -0.300. The summed E-state index contributed by atoms with van der Waals surface area (Å²) in [6.45, 7) is 8.96. The Labute approximate surface area is 99.9 Å². The van der Waals surface area contributed by atoms with E-state index >= 15 is 0 Å². The summed E-state index contributed by atoms with van der Waals surface area (Å²) in [5.41, 5.74) is 1.11. The Morgan fingerprint density at radius 3 is 2.69 bits per heavy atom. The molecule has 4 atom stereocenters. The Bertz CT molecular complexity index is 288. The maximum Gasteiger partial charge on any atom is 0.0653 e. The lowest BCUT2D eigenvalue weighted by Crippen LogP contribution is -2.48. The maximum absolute atomic E-state index is 10.5. The second-order valence-electron chi connectivity index (χ2n) is 6.54. The average molecular weight is 222 g/mol. The fourth-order valence-electron chi connectivity index (χ4n) is 3.87. The summed E-state index contributed by atoms with van der Waals surface area (Å²) in [6.07, 6.45) is 7.01. The van der Waals surface area contributed by atoms with Crippen LogP contribution in [-0.2, 0) is 0 Å². The maximum atomic E-state index is 10.5. The molecular formula is C15H26O. The largest absolute Gasteiger partial charge is 0.390 e. The number of rotatable bonds is 1. The van der Waals surface area contributed by atoms with E-state index in [4.69, 9.17) is 0 Å². The molecule has 0 aromatic rings. The summed E-state index contributed by atoms with van der Waals surface area (Å²) in [7, 11) is 0. The molecule has 0 aromatic carbocycles. The number of allylic oxidation sites excluding steroid dienone is 2. The van der Waals surface area contributed by atoms with E-state index in [1.54, 1.807) is 0 Å². The molecule has 1 heteroatoms. The molecule has 1 unspecified atom stereocenters. The van der Waals surface area contributed by atoms with Crippen LogP contribution in [0.3, 0.4) is 0 Å². The summed E-state index contributed by atoms with van der Waals surface area (Å²) in [6, 6.07) is 0. The first-order valence-corrected chi connectivity index (χ1v) is 6.81. The van der Waals surface area contributed by atoms with Crippen molar-refractivity contribution < 1.29 is 5.11 Å². The zero-order chi connectivity index (χ0) is 11.9. The first-order chi connectivity index (χ1) is 7.42. The first-order valence-electron chi connectivity index (χ1n) is 6.81. The zero-order valence-corrected chi connectivity index (χ0v) is 11.2. The fraction of sp³-hybridized carbons (Fsp3) is 0.867. The number of fused-ring (bicyclic) bond motifs is 1. The fourth-order valence-corrected chi connectivity index (χ4v) is 3.87. The van der Waals surface area contributed by atoms with E-state index in [1.165, 1.54) is 24.8 Å². The molecule has 0 bridgehead atoms. The topological polar surface area (TPSA) is 20.2 Å². The quantitative estimate of drug-likeness (QED) is 0.669. The normalized spacial score (nSPS) is 44.1. The molecule has 92 valence electrons. The Balaban J connectivity index is 2.27. The van der Waals surface area contributed by atoms with Crippen LogP contribution in [0.25, 0.3) is 0 Å². The lowest BCUT2D eigenvalue weighted by atomic mass is 9.58. The molecule has 0 aliphatic heterocycles. The third kappa shape index (κ3) is 2.07. The SMILES string of the molecule is CC1=C[C@@H]2C(CC1)[C@](C)(O)CC[C@H]2C(C)C. The highest BCUT2D eigenvalue weighted by Gasteiger charge is 2.46. The first kappa shape index (κ1) is 12.2. The molecule has 1 nitrogen and oxygen atoms in total. The van der Waals surface area contributed by atoms with E-state index in [0.717, 1.165) is 18.3 Å². The summed E-state index contributed by atoms with van der Waals surface area (Å²) < 4.78 is 0. The molecular weight excluding hydrogens is 196 g/mol. The van der Waals surface area contributed by atoms with Crippen LogP contribution in [0.4, 0.5) is 0 Å². The lowest BCUT2D eigenvalue weighted by Gasteiger charge is -2.49. The monoisotopic (exact) mass is 222 g/mol. The van der Waals surface area contributed by atoms with E-state index in [0.29, 0.717) is 11.8 Å². The molecule has 1 saturated carbocycles. The van der Waals surface area contributed by atoms with E-state index < -0.39 is 5.60 Å². The van der Waals surface area contributed by atoms with Crippen molar-refractivity contribution in [3.63, 3.8) is 0 Å². The van der Waals surface area contributed by atoms with Gasteiger partial charge in [0.05, 0.1) is 5.60 Å². The molecule has 0 saturated heterocycles. The molecule has 0 amide bonds. The summed E-state index contributed by atoms with van der Waals surface area (Å²) in [5.74, 6) is 2.64. The van der Waals surface area contributed by atoms with Crippen molar-refractivity contribution in [2.24, 2.45) is 23.7 Å². The van der Waals surface area contributed by atoms with Gasteiger partial charge in [0.25, 0.3) is 0 Å². The van der Waals surface area contributed by atoms with Gasteiger partial charge in [0.1, 0.15) is 0 Å². The van der Waals surface area contributed by atoms with Crippen LogP contribution in [-0.4, -0.2) is 10.7 Å². The highest BCUT2D eigenvalue weighted by molar-refractivity contribution is 5.13. The Morgan fingerprint density at radius 1 is 1.38 bits per heavy atom. The molecule has 0 aromatic heterocycles. The van der Waals surface area contributed by atoms with Crippen LogP contribution in [0.15, 0.2) is 11.6 Å². The van der Waals surface area contributed by atoms with Gasteiger partial charge in [0.15, 0.2) is 0 Å². The van der Waals surface area contributed by atoms with Crippen LogP contribution < -0.4 is 0 Å². The molecule has 16 heavy (non-hydrogen) atoms. The molecule has 2 rings (SSSR count). The second kappa shape index (κ2) is 4.18. The molecule has 0 radical (unpaired) electrons. The summed E-state index contributed by atoms with van der Waals surface area (Å²) in [4.78, 5) is 0. The molecule has 0 spiro atoms. The summed E-state index contributed by atoms with van der Waals surface area (Å²) in [5, 5.41) is 10.5. The smallest absolute Gasteiger partial charge is 0.0653 e. The van der Waals surface area contributed by atoms with E-state index in [2.05, 4.69) is 33.8 Å². The summed E-state index contributed by atoms with van der Waals surface area (Å²) >= 11 is 0. The standard InChI is InChI=1S/C15H26O/c1-10(2)12-7-8-15(4,16)14-6-5-11(3)9-13(12)14/h9-10,12-14,16H,5-8H2,1-4H3/t12-,13-,14?,15+/m0/s1.